The zero-order valence-corrected chi connectivity index (χ0v) is 13.5. The maximum atomic E-state index is 11.9. The lowest BCUT2D eigenvalue weighted by Crippen LogP contribution is -1.92. The van der Waals surface area contributed by atoms with Crippen LogP contribution in [0.4, 0.5) is 8.78 Å². The van der Waals surface area contributed by atoms with Gasteiger partial charge in [-0.25, -0.2) is 4.98 Å². The number of nitrogens with zero attached hydrogens (tertiary/aromatic N) is 1. The number of rotatable bonds is 7. The molecule has 22 heavy (non-hydrogen) atoms. The first-order chi connectivity index (χ1) is 10.5. The molecule has 0 unspecified atom stereocenters. The Morgan fingerprint density at radius 2 is 2.14 bits per heavy atom. The summed E-state index contributed by atoms with van der Waals surface area (Å²) in [6.07, 6.45) is 0.973. The van der Waals surface area contributed by atoms with Crippen LogP contribution in [0.15, 0.2) is 50.6 Å². The van der Waals surface area contributed by atoms with Crippen molar-refractivity contribution in [2.75, 3.05) is 12.4 Å². The minimum absolute atomic E-state index is 0.137. The largest absolute Gasteiger partial charge is 0.489 e. The van der Waals surface area contributed by atoms with E-state index in [4.69, 9.17) is 32.4 Å². The molecule has 0 aliphatic rings. The molecule has 0 amide bonds. The third-order valence-electron chi connectivity index (χ3n) is 2.47. The summed E-state index contributed by atoms with van der Waals surface area (Å²) in [4.78, 5) is 4.26. The third kappa shape index (κ3) is 5.51. The first-order valence-electron chi connectivity index (χ1n) is 6.23. The second kappa shape index (κ2) is 8.41. The minimum Gasteiger partial charge on any atom is -0.489 e. The number of halogens is 4. The van der Waals surface area contributed by atoms with E-state index in [-0.39, 0.29) is 17.5 Å². The molecule has 0 aliphatic heterocycles. The summed E-state index contributed by atoms with van der Waals surface area (Å²) in [6.45, 7) is 0.241. The van der Waals surface area contributed by atoms with Crippen LogP contribution in [0.3, 0.4) is 0 Å². The number of ether oxygens (including phenoxy) is 1. The van der Waals surface area contributed by atoms with Crippen LogP contribution in [0.5, 0.6) is 5.75 Å². The van der Waals surface area contributed by atoms with Crippen LogP contribution in [0, 0.1) is 0 Å². The lowest BCUT2D eigenvalue weighted by molar-refractivity contribution is 0.362. The normalized spacial score (nSPS) is 10.5. The summed E-state index contributed by atoms with van der Waals surface area (Å²) in [5.41, 5.74) is 1.24. The monoisotopic (exact) mass is 365 g/mol. The fourth-order valence-corrected chi connectivity index (χ4v) is 2.40. The third-order valence-corrected chi connectivity index (χ3v) is 3.64. The second-order valence-electron chi connectivity index (χ2n) is 4.04. The van der Waals surface area contributed by atoms with Gasteiger partial charge in [-0.2, -0.15) is 8.78 Å². The Balaban J connectivity index is 1.98. The first-order valence-corrected chi connectivity index (χ1v) is 7.97. The summed E-state index contributed by atoms with van der Waals surface area (Å²) in [5.74, 6) is 1.06. The number of benzene rings is 1. The molecule has 1 heterocycles. The van der Waals surface area contributed by atoms with Gasteiger partial charge in [-0.1, -0.05) is 35.0 Å². The molecule has 0 bridgehead atoms. The molecular weight excluding hydrogens is 355 g/mol. The highest BCUT2D eigenvalue weighted by Gasteiger charge is 2.07. The molecule has 0 fully saturated rings. The Kier molecular flexibility index (Phi) is 6.54. The lowest BCUT2D eigenvalue weighted by atomic mass is 10.3. The molecule has 8 heteroatoms. The number of fused-ring (bicyclic) bond motifs is 1. The van der Waals surface area contributed by atoms with E-state index in [1.54, 1.807) is 18.2 Å². The number of aromatic nitrogens is 1. The van der Waals surface area contributed by atoms with Gasteiger partial charge in [0, 0.05) is 11.8 Å². The molecule has 118 valence electrons. The smallest absolute Gasteiger partial charge is 0.266 e. The first kappa shape index (κ1) is 17.1. The van der Waals surface area contributed by atoms with Gasteiger partial charge >= 0.3 is 0 Å². The van der Waals surface area contributed by atoms with Crippen molar-refractivity contribution in [2.24, 2.45) is 0 Å². The van der Waals surface area contributed by atoms with Gasteiger partial charge < -0.3 is 9.15 Å². The van der Waals surface area contributed by atoms with E-state index in [0.29, 0.717) is 27.8 Å². The highest BCUT2D eigenvalue weighted by Crippen LogP contribution is 2.27. The van der Waals surface area contributed by atoms with Crippen LogP contribution in [-0.2, 0) is 0 Å². The fourth-order valence-electron chi connectivity index (χ4n) is 1.55. The van der Waals surface area contributed by atoms with Gasteiger partial charge in [-0.15, -0.1) is 0 Å². The molecule has 0 spiro atoms. The van der Waals surface area contributed by atoms with Gasteiger partial charge in [0.25, 0.3) is 11.3 Å². The zero-order valence-electron chi connectivity index (χ0n) is 11.2. The van der Waals surface area contributed by atoms with Gasteiger partial charge in [-0.05, 0) is 30.7 Å². The quantitative estimate of drug-likeness (QED) is 0.459. The van der Waals surface area contributed by atoms with Crippen LogP contribution in [0.25, 0.3) is 11.1 Å². The van der Waals surface area contributed by atoms with E-state index < -0.39 is 6.08 Å². The van der Waals surface area contributed by atoms with Crippen molar-refractivity contribution < 1.29 is 17.9 Å². The molecule has 3 nitrogen and oxygen atoms in total. The van der Waals surface area contributed by atoms with Crippen LogP contribution < -0.4 is 4.74 Å². The number of oxazole rings is 1. The molecule has 0 saturated carbocycles. The van der Waals surface area contributed by atoms with Gasteiger partial charge in [0.1, 0.15) is 22.4 Å². The average Bonchev–Trinajstić information content (AvgIpc) is 2.85. The number of hydrogen-bond donors (Lipinski definition) is 0. The van der Waals surface area contributed by atoms with Crippen molar-refractivity contribution in [3.8, 4) is 5.75 Å². The second-order valence-corrected chi connectivity index (χ2v) is 6.10. The minimum atomic E-state index is -1.67. The molecule has 1 aromatic carbocycles. The Morgan fingerprint density at radius 1 is 1.32 bits per heavy atom. The van der Waals surface area contributed by atoms with Crippen LogP contribution >= 0.6 is 35.0 Å². The molecular formula is C14H11Cl2F2NO2S. The number of allylic oxidation sites excluding steroid dienone is 1. The van der Waals surface area contributed by atoms with Crippen molar-refractivity contribution in [3.05, 3.63) is 40.9 Å². The van der Waals surface area contributed by atoms with Gasteiger partial charge in [0.05, 0.1) is 0 Å². The topological polar surface area (TPSA) is 35.3 Å². The van der Waals surface area contributed by atoms with Gasteiger partial charge in [-0.3, -0.25) is 0 Å². The highest BCUT2D eigenvalue weighted by atomic mass is 35.5. The summed E-state index contributed by atoms with van der Waals surface area (Å²) in [6, 6.07) is 5.20. The van der Waals surface area contributed by atoms with Crippen molar-refractivity contribution >= 4 is 46.1 Å². The molecule has 0 saturated heterocycles. The van der Waals surface area contributed by atoms with Crippen LogP contribution in [0.2, 0.25) is 0 Å². The van der Waals surface area contributed by atoms with Crippen LogP contribution in [-0.4, -0.2) is 17.3 Å². The van der Waals surface area contributed by atoms with Crippen molar-refractivity contribution in [1.82, 2.24) is 4.98 Å². The molecule has 2 aromatic rings. The number of hydrogen-bond acceptors (Lipinski definition) is 4. The SMILES string of the molecule is FC(F)=CCCSc1nc2ccc(OCC=C(Cl)Cl)cc2o1. The summed E-state index contributed by atoms with van der Waals surface area (Å²) in [7, 11) is 0. The molecule has 0 radical (unpaired) electrons. The lowest BCUT2D eigenvalue weighted by Gasteiger charge is -2.01. The van der Waals surface area contributed by atoms with Crippen molar-refractivity contribution in [2.45, 2.75) is 11.6 Å². The highest BCUT2D eigenvalue weighted by molar-refractivity contribution is 7.99. The predicted molar refractivity (Wildman–Crippen MR) is 84.9 cm³/mol. The van der Waals surface area contributed by atoms with E-state index in [2.05, 4.69) is 4.98 Å². The summed E-state index contributed by atoms with van der Waals surface area (Å²) >= 11 is 12.2. The standard InChI is InChI=1S/C14H11Cl2F2NO2S/c15-12(16)5-6-20-9-3-4-10-11(8-9)21-14(19-10)22-7-1-2-13(17)18/h2-5,8H,1,6-7H2. The van der Waals surface area contributed by atoms with Crippen molar-refractivity contribution in [1.29, 1.82) is 0 Å². The Morgan fingerprint density at radius 3 is 2.86 bits per heavy atom. The van der Waals surface area contributed by atoms with Gasteiger partial charge in [0.2, 0.25) is 0 Å². The molecule has 0 atom stereocenters. The summed E-state index contributed by atoms with van der Waals surface area (Å²) in [5, 5.41) is 0.434. The van der Waals surface area contributed by atoms with Crippen LogP contribution in [0.1, 0.15) is 6.42 Å². The van der Waals surface area contributed by atoms with E-state index in [0.717, 1.165) is 6.08 Å². The Bertz CT molecular complexity index is 695. The Hall–Kier alpha value is -1.24. The van der Waals surface area contributed by atoms with Gasteiger partial charge in [0.15, 0.2) is 5.58 Å². The Labute approximate surface area is 139 Å². The van der Waals surface area contributed by atoms with E-state index in [1.807, 2.05) is 0 Å². The maximum absolute atomic E-state index is 11.9. The molecule has 0 N–H and O–H groups in total. The van der Waals surface area contributed by atoms with E-state index >= 15 is 0 Å². The number of thioether (sulfide) groups is 1. The molecule has 1 aromatic heterocycles. The zero-order chi connectivity index (χ0) is 15.9. The summed E-state index contributed by atoms with van der Waals surface area (Å²) < 4.78 is 34.9. The van der Waals surface area contributed by atoms with Crippen molar-refractivity contribution in [3.63, 3.8) is 0 Å². The van der Waals surface area contributed by atoms with E-state index in [9.17, 15) is 8.78 Å². The molecule has 2 rings (SSSR count). The maximum Gasteiger partial charge on any atom is 0.266 e. The molecule has 0 aliphatic carbocycles. The average molecular weight is 366 g/mol. The van der Waals surface area contributed by atoms with E-state index in [1.165, 1.54) is 17.8 Å². The predicted octanol–water partition coefficient (Wildman–Crippen LogP) is 5.79. The fraction of sp³-hybridized carbons (Fsp3) is 0.214.